The molecule has 26 heavy (non-hydrogen) atoms. The van der Waals surface area contributed by atoms with E-state index in [1.807, 2.05) is 0 Å². The number of methoxy groups -OCH3 is 1. The van der Waals surface area contributed by atoms with Crippen LogP contribution in [0.2, 0.25) is 0 Å². The molecule has 0 bridgehead atoms. The Balaban J connectivity index is 2.15. The average Bonchev–Trinajstić information content (AvgIpc) is 2.96. The molecule has 3 rings (SSSR count). The van der Waals surface area contributed by atoms with Crippen molar-refractivity contribution in [3.63, 3.8) is 0 Å². The molecule has 132 valence electrons. The van der Waals surface area contributed by atoms with Gasteiger partial charge in [-0.15, -0.1) is 0 Å². The van der Waals surface area contributed by atoms with Crippen molar-refractivity contribution in [1.82, 2.24) is 0 Å². The third kappa shape index (κ3) is 2.88. The molecule has 8 nitrogen and oxygen atoms in total. The molecule has 8 heteroatoms. The first kappa shape index (κ1) is 17.2. The van der Waals surface area contributed by atoms with Crippen LogP contribution in [0.25, 0.3) is 5.76 Å². The zero-order valence-corrected chi connectivity index (χ0v) is 13.5. The van der Waals surface area contributed by atoms with Crippen LogP contribution >= 0.6 is 0 Å². The molecular formula is C18H13NO7. The maximum Gasteiger partial charge on any atom is 0.380 e. The molecule has 0 amide bonds. The highest BCUT2D eigenvalue weighted by Gasteiger charge is 2.44. The number of cyclic esters (lactones) is 1. The number of hydrogen-bond acceptors (Lipinski definition) is 7. The van der Waals surface area contributed by atoms with E-state index in [4.69, 9.17) is 9.47 Å². The van der Waals surface area contributed by atoms with Gasteiger partial charge in [-0.1, -0.05) is 12.1 Å². The number of benzene rings is 2. The lowest BCUT2D eigenvalue weighted by atomic mass is 9.95. The van der Waals surface area contributed by atoms with Gasteiger partial charge in [0.25, 0.3) is 11.5 Å². The Morgan fingerprint density at radius 3 is 2.42 bits per heavy atom. The zero-order valence-electron chi connectivity index (χ0n) is 13.5. The Hall–Kier alpha value is -3.68. The number of carbonyl (C=O) groups excluding carboxylic acids is 2. The molecule has 1 N–H and O–H groups in total. The van der Waals surface area contributed by atoms with Crippen LogP contribution < -0.4 is 4.74 Å². The number of para-hydroxylation sites is 1. The summed E-state index contributed by atoms with van der Waals surface area (Å²) in [5, 5.41) is 21.8. The summed E-state index contributed by atoms with van der Waals surface area (Å²) in [5.74, 6) is -2.16. The van der Waals surface area contributed by atoms with Gasteiger partial charge in [-0.25, -0.2) is 4.79 Å². The molecule has 0 spiro atoms. The van der Waals surface area contributed by atoms with Gasteiger partial charge in [0.2, 0.25) is 0 Å². The molecule has 1 fully saturated rings. The first-order chi connectivity index (χ1) is 12.4. The van der Waals surface area contributed by atoms with Crippen molar-refractivity contribution in [2.75, 3.05) is 7.11 Å². The number of nitro groups is 1. The number of rotatable bonds is 4. The summed E-state index contributed by atoms with van der Waals surface area (Å²) in [6.07, 6.45) is -1.36. The van der Waals surface area contributed by atoms with Crippen molar-refractivity contribution >= 4 is 23.2 Å². The van der Waals surface area contributed by atoms with Crippen LogP contribution in [-0.2, 0) is 14.3 Å². The van der Waals surface area contributed by atoms with Crippen molar-refractivity contribution in [3.8, 4) is 5.75 Å². The van der Waals surface area contributed by atoms with Gasteiger partial charge in [0, 0.05) is 11.6 Å². The fourth-order valence-electron chi connectivity index (χ4n) is 2.68. The summed E-state index contributed by atoms with van der Waals surface area (Å²) in [6, 6.07) is 11.7. The standard InChI is InChI=1S/C18H13NO7/c1-25-11-8-6-10(7-9-11)15(20)14-16(21)18(22)26-17(14)12-4-2-3-5-13(12)19(23)24/h2-9,17,20H,1H3/b15-14-. The molecular weight excluding hydrogens is 342 g/mol. The number of Topliss-reactive ketones (excluding diaryl/α,β-unsaturated/α-hetero) is 1. The maximum atomic E-state index is 12.2. The van der Waals surface area contributed by atoms with Crippen molar-refractivity contribution in [1.29, 1.82) is 0 Å². The van der Waals surface area contributed by atoms with E-state index in [2.05, 4.69) is 0 Å². The number of nitrogens with zero attached hydrogens (tertiary/aromatic N) is 1. The molecule has 0 aromatic heterocycles. The highest BCUT2D eigenvalue weighted by molar-refractivity contribution is 6.44. The minimum atomic E-state index is -1.36. The van der Waals surface area contributed by atoms with Crippen LogP contribution in [0.3, 0.4) is 0 Å². The molecule has 1 aliphatic rings. The van der Waals surface area contributed by atoms with Crippen molar-refractivity contribution in [2.24, 2.45) is 0 Å². The summed E-state index contributed by atoms with van der Waals surface area (Å²) in [6.45, 7) is 0. The molecule has 1 atom stereocenters. The second-order valence-electron chi connectivity index (χ2n) is 5.42. The van der Waals surface area contributed by atoms with Gasteiger partial charge in [-0.05, 0) is 30.3 Å². The summed E-state index contributed by atoms with van der Waals surface area (Å²) < 4.78 is 10.0. The highest BCUT2D eigenvalue weighted by Crippen LogP contribution is 2.40. The number of esters is 1. The molecule has 1 unspecified atom stereocenters. The largest absolute Gasteiger partial charge is 0.507 e. The van der Waals surface area contributed by atoms with Gasteiger partial charge in [-0.3, -0.25) is 14.9 Å². The van der Waals surface area contributed by atoms with Gasteiger partial charge in [0.05, 0.1) is 23.2 Å². The Bertz CT molecular complexity index is 931. The number of ether oxygens (including phenoxy) is 2. The number of ketones is 1. The van der Waals surface area contributed by atoms with E-state index in [0.717, 1.165) is 0 Å². The quantitative estimate of drug-likeness (QED) is 0.224. The van der Waals surface area contributed by atoms with E-state index >= 15 is 0 Å². The predicted octanol–water partition coefficient (Wildman–Crippen LogP) is 2.74. The SMILES string of the molecule is COc1ccc(/C(O)=C2\C(=O)C(=O)OC2c2ccccc2[N+](=O)[O-])cc1. The summed E-state index contributed by atoms with van der Waals surface area (Å²) in [7, 11) is 1.48. The smallest absolute Gasteiger partial charge is 0.380 e. The Kier molecular flexibility index (Phi) is 4.40. The Labute approximate surface area is 147 Å². The molecule has 1 heterocycles. The third-order valence-electron chi connectivity index (χ3n) is 3.95. The zero-order chi connectivity index (χ0) is 18.8. The van der Waals surface area contributed by atoms with Gasteiger partial charge >= 0.3 is 5.97 Å². The van der Waals surface area contributed by atoms with E-state index in [-0.39, 0.29) is 22.4 Å². The van der Waals surface area contributed by atoms with Crippen molar-refractivity contribution in [3.05, 3.63) is 75.3 Å². The maximum absolute atomic E-state index is 12.2. The average molecular weight is 355 g/mol. The monoisotopic (exact) mass is 355 g/mol. The van der Waals surface area contributed by atoms with E-state index in [9.17, 15) is 24.8 Å². The number of carbonyl (C=O) groups is 2. The summed E-state index contributed by atoms with van der Waals surface area (Å²) in [5.41, 5.74) is -0.405. The predicted molar refractivity (Wildman–Crippen MR) is 89.5 cm³/mol. The molecule has 1 saturated heterocycles. The topological polar surface area (TPSA) is 116 Å². The van der Waals surface area contributed by atoms with E-state index in [0.29, 0.717) is 5.75 Å². The van der Waals surface area contributed by atoms with Gasteiger partial charge < -0.3 is 14.6 Å². The van der Waals surface area contributed by atoms with Crippen LogP contribution in [0, 0.1) is 10.1 Å². The second kappa shape index (κ2) is 6.67. The van der Waals surface area contributed by atoms with Crippen LogP contribution in [0.4, 0.5) is 5.69 Å². The van der Waals surface area contributed by atoms with Crippen molar-refractivity contribution in [2.45, 2.75) is 6.10 Å². The van der Waals surface area contributed by atoms with Crippen molar-refractivity contribution < 1.29 is 29.1 Å². The van der Waals surface area contributed by atoms with E-state index in [1.165, 1.54) is 43.5 Å². The molecule has 0 saturated carbocycles. The third-order valence-corrected chi connectivity index (χ3v) is 3.95. The van der Waals surface area contributed by atoms with E-state index < -0.39 is 28.5 Å². The van der Waals surface area contributed by atoms with Crippen LogP contribution in [-0.4, -0.2) is 28.9 Å². The molecule has 2 aromatic carbocycles. The summed E-state index contributed by atoms with van der Waals surface area (Å²) >= 11 is 0. The number of nitro benzene ring substituents is 1. The lowest BCUT2D eigenvalue weighted by molar-refractivity contribution is -0.386. The first-order valence-corrected chi connectivity index (χ1v) is 7.50. The minimum absolute atomic E-state index is 0.00626. The molecule has 2 aromatic rings. The number of aliphatic hydroxyl groups is 1. The fourth-order valence-corrected chi connectivity index (χ4v) is 2.68. The Morgan fingerprint density at radius 2 is 1.81 bits per heavy atom. The number of aliphatic hydroxyl groups excluding tert-OH is 1. The van der Waals surface area contributed by atoms with Crippen LogP contribution in [0.15, 0.2) is 54.1 Å². The van der Waals surface area contributed by atoms with Gasteiger partial charge in [0.1, 0.15) is 11.5 Å². The second-order valence-corrected chi connectivity index (χ2v) is 5.42. The van der Waals surface area contributed by atoms with Gasteiger partial charge in [-0.2, -0.15) is 0 Å². The lowest BCUT2D eigenvalue weighted by Crippen LogP contribution is -2.09. The highest BCUT2D eigenvalue weighted by atomic mass is 16.6. The van der Waals surface area contributed by atoms with E-state index in [1.54, 1.807) is 12.1 Å². The first-order valence-electron chi connectivity index (χ1n) is 7.50. The van der Waals surface area contributed by atoms with Gasteiger partial charge in [0.15, 0.2) is 6.10 Å². The summed E-state index contributed by atoms with van der Waals surface area (Å²) in [4.78, 5) is 34.6. The lowest BCUT2D eigenvalue weighted by Gasteiger charge is -2.13. The molecule has 0 radical (unpaired) electrons. The minimum Gasteiger partial charge on any atom is -0.507 e. The Morgan fingerprint density at radius 1 is 1.15 bits per heavy atom. The number of hydrogen-bond donors (Lipinski definition) is 1. The molecule has 1 aliphatic heterocycles. The normalized spacial score (nSPS) is 18.4. The van der Waals surface area contributed by atoms with Crippen LogP contribution in [0.1, 0.15) is 17.2 Å². The fraction of sp³-hybridized carbons (Fsp3) is 0.111. The molecule has 0 aliphatic carbocycles. The van der Waals surface area contributed by atoms with Crippen LogP contribution in [0.5, 0.6) is 5.75 Å².